The van der Waals surface area contributed by atoms with Gasteiger partial charge < -0.3 is 4.74 Å². The van der Waals surface area contributed by atoms with Crippen molar-refractivity contribution < 1.29 is 9.53 Å². The van der Waals surface area contributed by atoms with Gasteiger partial charge in [0.25, 0.3) is 0 Å². The molecule has 0 aliphatic heterocycles. The summed E-state index contributed by atoms with van der Waals surface area (Å²) in [6.07, 6.45) is 2.60. The van der Waals surface area contributed by atoms with E-state index in [0.717, 1.165) is 17.4 Å². The molecule has 2 aromatic carbocycles. The van der Waals surface area contributed by atoms with E-state index in [-0.39, 0.29) is 0 Å². The molecule has 0 saturated heterocycles. The van der Waals surface area contributed by atoms with Gasteiger partial charge in [0.15, 0.2) is 6.29 Å². The Morgan fingerprint density at radius 2 is 1.78 bits per heavy atom. The standard InChI is InChI=1S/C16H14O2/c1-2-13-7-9-14(10-8-13)12-18-16-6-4-3-5-15(16)11-17/h2-11H,1,12H2. The normalized spacial score (nSPS) is 9.78. The quantitative estimate of drug-likeness (QED) is 0.742. The van der Waals surface area contributed by atoms with Crippen molar-refractivity contribution in [1.82, 2.24) is 0 Å². The van der Waals surface area contributed by atoms with Crippen molar-refractivity contribution in [2.24, 2.45) is 0 Å². The fourth-order valence-corrected chi connectivity index (χ4v) is 1.62. The van der Waals surface area contributed by atoms with Gasteiger partial charge >= 0.3 is 0 Å². The number of para-hydroxylation sites is 1. The molecule has 2 heteroatoms. The van der Waals surface area contributed by atoms with Crippen molar-refractivity contribution in [2.75, 3.05) is 0 Å². The zero-order valence-electron chi connectivity index (χ0n) is 10.0. The third-order valence-corrected chi connectivity index (χ3v) is 2.66. The van der Waals surface area contributed by atoms with Crippen molar-refractivity contribution >= 4 is 12.4 Å². The highest BCUT2D eigenvalue weighted by molar-refractivity contribution is 5.79. The Morgan fingerprint density at radius 3 is 2.44 bits per heavy atom. The predicted molar refractivity (Wildman–Crippen MR) is 72.7 cm³/mol. The first kappa shape index (κ1) is 12.1. The highest BCUT2D eigenvalue weighted by Crippen LogP contribution is 2.17. The molecule has 90 valence electrons. The largest absolute Gasteiger partial charge is 0.488 e. The minimum absolute atomic E-state index is 0.447. The number of hydrogen-bond acceptors (Lipinski definition) is 2. The van der Waals surface area contributed by atoms with Gasteiger partial charge in [0.05, 0.1) is 5.56 Å². The number of carbonyl (C=O) groups is 1. The van der Waals surface area contributed by atoms with Crippen molar-refractivity contribution in [3.63, 3.8) is 0 Å². The minimum Gasteiger partial charge on any atom is -0.488 e. The Balaban J connectivity index is 2.06. The maximum atomic E-state index is 10.8. The van der Waals surface area contributed by atoms with Crippen molar-refractivity contribution in [3.8, 4) is 5.75 Å². The van der Waals surface area contributed by atoms with Gasteiger partial charge in [-0.2, -0.15) is 0 Å². The molecule has 0 bridgehead atoms. The Morgan fingerprint density at radius 1 is 1.06 bits per heavy atom. The van der Waals surface area contributed by atoms with Crippen LogP contribution in [0.1, 0.15) is 21.5 Å². The van der Waals surface area contributed by atoms with Crippen LogP contribution in [0.4, 0.5) is 0 Å². The van der Waals surface area contributed by atoms with Crippen molar-refractivity contribution in [2.45, 2.75) is 6.61 Å². The Kier molecular flexibility index (Phi) is 3.92. The molecule has 0 saturated carbocycles. The molecule has 0 fully saturated rings. The van der Waals surface area contributed by atoms with Gasteiger partial charge in [0.1, 0.15) is 12.4 Å². The lowest BCUT2D eigenvalue weighted by Crippen LogP contribution is -1.97. The van der Waals surface area contributed by atoms with Gasteiger partial charge in [-0.25, -0.2) is 0 Å². The summed E-state index contributed by atoms with van der Waals surface area (Å²) in [5.74, 6) is 0.611. The highest BCUT2D eigenvalue weighted by atomic mass is 16.5. The molecule has 2 rings (SSSR count). The minimum atomic E-state index is 0.447. The maximum absolute atomic E-state index is 10.8. The van der Waals surface area contributed by atoms with Crippen LogP contribution in [0.15, 0.2) is 55.1 Å². The zero-order valence-corrected chi connectivity index (χ0v) is 10.0. The third-order valence-electron chi connectivity index (χ3n) is 2.66. The van der Waals surface area contributed by atoms with Crippen LogP contribution in [-0.4, -0.2) is 6.29 Å². The van der Waals surface area contributed by atoms with E-state index < -0.39 is 0 Å². The summed E-state index contributed by atoms with van der Waals surface area (Å²) in [4.78, 5) is 10.8. The van der Waals surface area contributed by atoms with Gasteiger partial charge in [-0.15, -0.1) is 0 Å². The van der Waals surface area contributed by atoms with E-state index >= 15 is 0 Å². The summed E-state index contributed by atoms with van der Waals surface area (Å²) in [6, 6.07) is 15.1. The molecule has 0 spiro atoms. The molecule has 0 unspecified atom stereocenters. The van der Waals surface area contributed by atoms with E-state index in [4.69, 9.17) is 4.74 Å². The first-order valence-corrected chi connectivity index (χ1v) is 5.72. The van der Waals surface area contributed by atoms with Crippen molar-refractivity contribution in [3.05, 3.63) is 71.8 Å². The summed E-state index contributed by atoms with van der Waals surface area (Å²) in [5.41, 5.74) is 2.70. The first-order valence-electron chi connectivity index (χ1n) is 5.72. The lowest BCUT2D eigenvalue weighted by Gasteiger charge is -2.08. The number of ether oxygens (including phenoxy) is 1. The molecule has 0 atom stereocenters. The fraction of sp³-hybridized carbons (Fsp3) is 0.0625. The van der Waals surface area contributed by atoms with E-state index in [9.17, 15) is 4.79 Å². The summed E-state index contributed by atoms with van der Waals surface area (Å²) < 4.78 is 5.63. The van der Waals surface area contributed by atoms with E-state index in [2.05, 4.69) is 6.58 Å². The van der Waals surface area contributed by atoms with E-state index in [1.807, 2.05) is 36.4 Å². The average Bonchev–Trinajstić information content (AvgIpc) is 2.46. The van der Waals surface area contributed by atoms with E-state index in [1.54, 1.807) is 18.2 Å². The van der Waals surface area contributed by atoms with Crippen molar-refractivity contribution in [1.29, 1.82) is 0 Å². The topological polar surface area (TPSA) is 26.3 Å². The monoisotopic (exact) mass is 238 g/mol. The van der Waals surface area contributed by atoms with E-state index in [1.165, 1.54) is 0 Å². The number of benzene rings is 2. The molecule has 0 aromatic heterocycles. The average molecular weight is 238 g/mol. The Hall–Kier alpha value is -2.35. The van der Waals surface area contributed by atoms with Gasteiger partial charge in [-0.1, -0.05) is 49.1 Å². The summed E-state index contributed by atoms with van der Waals surface area (Å²) in [7, 11) is 0. The van der Waals surface area contributed by atoms with Crippen LogP contribution < -0.4 is 4.74 Å². The van der Waals surface area contributed by atoms with Crippen LogP contribution in [0.5, 0.6) is 5.75 Å². The van der Waals surface area contributed by atoms with Gasteiger partial charge in [-0.05, 0) is 23.3 Å². The Labute approximate surface area is 107 Å². The second-order valence-electron chi connectivity index (χ2n) is 3.89. The van der Waals surface area contributed by atoms with Crippen LogP contribution >= 0.6 is 0 Å². The smallest absolute Gasteiger partial charge is 0.153 e. The first-order chi connectivity index (χ1) is 8.83. The molecule has 0 amide bonds. The molecule has 2 nitrogen and oxygen atoms in total. The second kappa shape index (κ2) is 5.82. The molecule has 0 heterocycles. The lowest BCUT2D eigenvalue weighted by molar-refractivity contribution is 0.111. The number of hydrogen-bond donors (Lipinski definition) is 0. The Bertz CT molecular complexity index is 541. The third kappa shape index (κ3) is 2.86. The summed E-state index contributed by atoms with van der Waals surface area (Å²) in [5, 5.41) is 0. The van der Waals surface area contributed by atoms with Gasteiger partial charge in [0.2, 0.25) is 0 Å². The number of rotatable bonds is 5. The maximum Gasteiger partial charge on any atom is 0.153 e. The van der Waals surface area contributed by atoms with Crippen LogP contribution in [0.2, 0.25) is 0 Å². The lowest BCUT2D eigenvalue weighted by atomic mass is 10.1. The van der Waals surface area contributed by atoms with Crippen LogP contribution in [0.25, 0.3) is 6.08 Å². The van der Waals surface area contributed by atoms with Crippen LogP contribution in [-0.2, 0) is 6.61 Å². The summed E-state index contributed by atoms with van der Waals surface area (Å²) >= 11 is 0. The SMILES string of the molecule is C=Cc1ccc(COc2ccccc2C=O)cc1. The van der Waals surface area contributed by atoms with E-state index in [0.29, 0.717) is 17.9 Å². The molecule has 0 radical (unpaired) electrons. The fourth-order valence-electron chi connectivity index (χ4n) is 1.62. The second-order valence-corrected chi connectivity index (χ2v) is 3.89. The molecule has 0 N–H and O–H groups in total. The molecule has 2 aromatic rings. The van der Waals surface area contributed by atoms with Crippen LogP contribution in [0, 0.1) is 0 Å². The van der Waals surface area contributed by atoms with Crippen LogP contribution in [0.3, 0.4) is 0 Å². The van der Waals surface area contributed by atoms with Gasteiger partial charge in [-0.3, -0.25) is 4.79 Å². The molecular weight excluding hydrogens is 224 g/mol. The zero-order chi connectivity index (χ0) is 12.8. The highest BCUT2D eigenvalue weighted by Gasteiger charge is 2.01. The van der Waals surface area contributed by atoms with Gasteiger partial charge in [0, 0.05) is 0 Å². The molecule has 18 heavy (non-hydrogen) atoms. The number of carbonyl (C=O) groups excluding carboxylic acids is 1. The predicted octanol–water partition coefficient (Wildman–Crippen LogP) is 3.72. The molecule has 0 aliphatic carbocycles. The summed E-state index contributed by atoms with van der Waals surface area (Å²) in [6.45, 7) is 4.15. The molecule has 0 aliphatic rings. The molecular formula is C16H14O2. The number of aldehydes is 1.